The molecule has 11 heavy (non-hydrogen) atoms. The number of azide groups is 1. The van der Waals surface area contributed by atoms with Crippen molar-refractivity contribution in [3.63, 3.8) is 0 Å². The number of carbonyl (C=O) groups excluding carboxylic acids is 1. The minimum Gasteiger partial charge on any atom is -0.373 e. The van der Waals surface area contributed by atoms with Gasteiger partial charge in [-0.1, -0.05) is 5.11 Å². The first-order valence-corrected chi connectivity index (χ1v) is 3.25. The van der Waals surface area contributed by atoms with Crippen molar-refractivity contribution >= 4 is 5.91 Å². The zero-order valence-corrected chi connectivity index (χ0v) is 5.77. The third-order valence-electron chi connectivity index (χ3n) is 1.54. The molecule has 0 bridgehead atoms. The maximum Gasteiger partial charge on any atom is 0.221 e. The number of amides is 1. The molecule has 0 aliphatic carbocycles. The zero-order valence-electron chi connectivity index (χ0n) is 5.77. The summed E-state index contributed by atoms with van der Waals surface area (Å²) >= 11 is 0. The fraction of sp³-hybridized carbons (Fsp3) is 0.800. The molecule has 0 saturated carbocycles. The molecule has 1 heterocycles. The lowest BCUT2D eigenvalue weighted by Gasteiger charge is -2.24. The number of hydrogen-bond donors (Lipinski definition) is 2. The number of carbonyl (C=O) groups is 1. The maximum absolute atomic E-state index is 10.6. The SMILES string of the molecule is [N-]=[N+]=NC1CCC(=O)NC1O. The highest BCUT2D eigenvalue weighted by atomic mass is 16.3. The van der Waals surface area contributed by atoms with E-state index >= 15 is 0 Å². The van der Waals surface area contributed by atoms with Gasteiger partial charge in [-0.25, -0.2) is 0 Å². The minimum absolute atomic E-state index is 0.207. The average molecular weight is 156 g/mol. The lowest BCUT2D eigenvalue weighted by Crippen LogP contribution is -2.46. The van der Waals surface area contributed by atoms with Crippen LogP contribution in [0.5, 0.6) is 0 Å². The first-order chi connectivity index (χ1) is 5.24. The van der Waals surface area contributed by atoms with Gasteiger partial charge in [-0.3, -0.25) is 4.79 Å². The molecule has 0 aromatic heterocycles. The van der Waals surface area contributed by atoms with E-state index in [9.17, 15) is 4.79 Å². The van der Waals surface area contributed by atoms with Crippen molar-refractivity contribution in [2.45, 2.75) is 25.1 Å². The van der Waals surface area contributed by atoms with Crippen molar-refractivity contribution in [1.82, 2.24) is 5.32 Å². The normalized spacial score (nSPS) is 30.5. The van der Waals surface area contributed by atoms with Crippen molar-refractivity contribution in [1.29, 1.82) is 0 Å². The van der Waals surface area contributed by atoms with Crippen LogP contribution < -0.4 is 5.32 Å². The van der Waals surface area contributed by atoms with Gasteiger partial charge in [-0.15, -0.1) is 0 Å². The first kappa shape index (κ1) is 7.84. The summed E-state index contributed by atoms with van der Waals surface area (Å²) in [6, 6.07) is -0.516. The Morgan fingerprint density at radius 2 is 2.55 bits per heavy atom. The summed E-state index contributed by atoms with van der Waals surface area (Å²) in [6.45, 7) is 0. The fourth-order valence-electron chi connectivity index (χ4n) is 0.957. The van der Waals surface area contributed by atoms with Crippen LogP contribution in [0.25, 0.3) is 10.4 Å². The molecule has 60 valence electrons. The van der Waals surface area contributed by atoms with Crippen LogP contribution in [0.3, 0.4) is 0 Å². The summed E-state index contributed by atoms with van der Waals surface area (Å²) in [7, 11) is 0. The minimum atomic E-state index is -1.02. The van der Waals surface area contributed by atoms with Gasteiger partial charge in [0.2, 0.25) is 5.91 Å². The van der Waals surface area contributed by atoms with Crippen LogP contribution in [0, 0.1) is 0 Å². The Balaban J connectivity index is 2.56. The Bertz CT molecular complexity index is 211. The summed E-state index contributed by atoms with van der Waals surface area (Å²) in [5, 5.41) is 14.7. The Hall–Kier alpha value is -1.26. The van der Waals surface area contributed by atoms with E-state index in [1.54, 1.807) is 0 Å². The first-order valence-electron chi connectivity index (χ1n) is 3.25. The lowest BCUT2D eigenvalue weighted by atomic mass is 10.1. The molecule has 1 fully saturated rings. The number of hydrogen-bond acceptors (Lipinski definition) is 3. The molecule has 0 radical (unpaired) electrons. The van der Waals surface area contributed by atoms with Gasteiger partial charge in [0, 0.05) is 11.3 Å². The topological polar surface area (TPSA) is 98.1 Å². The van der Waals surface area contributed by atoms with Crippen LogP contribution in [-0.4, -0.2) is 23.3 Å². The standard InChI is InChI=1S/C5H8N4O2/c6-9-8-3-1-2-4(10)7-5(3)11/h3,5,11H,1-2H2,(H,7,10). The van der Waals surface area contributed by atoms with E-state index in [1.165, 1.54) is 0 Å². The molecule has 1 aliphatic rings. The maximum atomic E-state index is 10.6. The molecule has 1 aliphatic heterocycles. The lowest BCUT2D eigenvalue weighted by molar-refractivity contribution is -0.127. The summed E-state index contributed by atoms with van der Waals surface area (Å²) < 4.78 is 0. The van der Waals surface area contributed by atoms with Crippen molar-refractivity contribution in [2.75, 3.05) is 0 Å². The molecule has 2 atom stereocenters. The molecule has 2 unspecified atom stereocenters. The highest BCUT2D eigenvalue weighted by Gasteiger charge is 2.25. The van der Waals surface area contributed by atoms with E-state index in [0.717, 1.165) is 0 Å². The molecule has 0 aromatic carbocycles. The van der Waals surface area contributed by atoms with E-state index < -0.39 is 12.3 Å². The fourth-order valence-corrected chi connectivity index (χ4v) is 0.957. The van der Waals surface area contributed by atoms with Gasteiger partial charge in [-0.2, -0.15) is 0 Å². The van der Waals surface area contributed by atoms with Gasteiger partial charge in [0.25, 0.3) is 0 Å². The van der Waals surface area contributed by atoms with Crippen molar-refractivity contribution in [3.8, 4) is 0 Å². The molecule has 1 amide bonds. The van der Waals surface area contributed by atoms with Gasteiger partial charge in [-0.05, 0) is 12.0 Å². The van der Waals surface area contributed by atoms with Gasteiger partial charge in [0.05, 0.1) is 6.04 Å². The monoisotopic (exact) mass is 156 g/mol. The second-order valence-corrected chi connectivity index (χ2v) is 2.32. The number of aliphatic hydroxyl groups excluding tert-OH is 1. The highest BCUT2D eigenvalue weighted by Crippen LogP contribution is 2.11. The Kier molecular flexibility index (Phi) is 2.30. The van der Waals surface area contributed by atoms with Crippen LogP contribution in [0.4, 0.5) is 0 Å². The van der Waals surface area contributed by atoms with Gasteiger partial charge < -0.3 is 10.4 Å². The molecule has 1 rings (SSSR count). The van der Waals surface area contributed by atoms with E-state index in [2.05, 4.69) is 15.3 Å². The number of nitrogens with zero attached hydrogens (tertiary/aromatic N) is 3. The van der Waals surface area contributed by atoms with Gasteiger partial charge in [0.15, 0.2) is 0 Å². The number of aliphatic hydroxyl groups is 1. The van der Waals surface area contributed by atoms with Crippen LogP contribution in [0.1, 0.15) is 12.8 Å². The molecular formula is C5H8N4O2. The number of piperidine rings is 1. The molecular weight excluding hydrogens is 148 g/mol. The van der Waals surface area contributed by atoms with E-state index in [-0.39, 0.29) is 5.91 Å². The zero-order chi connectivity index (χ0) is 8.27. The van der Waals surface area contributed by atoms with Crippen LogP contribution in [0.15, 0.2) is 5.11 Å². The van der Waals surface area contributed by atoms with Crippen LogP contribution in [0.2, 0.25) is 0 Å². The quantitative estimate of drug-likeness (QED) is 0.314. The molecule has 6 nitrogen and oxygen atoms in total. The van der Waals surface area contributed by atoms with Crippen molar-refractivity contribution in [2.24, 2.45) is 5.11 Å². The molecule has 6 heteroatoms. The Labute approximate surface area is 62.8 Å². The van der Waals surface area contributed by atoms with E-state index in [1.807, 2.05) is 0 Å². The smallest absolute Gasteiger partial charge is 0.221 e. The molecule has 0 spiro atoms. The molecule has 0 aromatic rings. The van der Waals surface area contributed by atoms with Crippen LogP contribution in [-0.2, 0) is 4.79 Å². The summed E-state index contributed by atoms with van der Waals surface area (Å²) in [5.41, 5.74) is 8.04. The highest BCUT2D eigenvalue weighted by molar-refractivity contribution is 5.77. The second-order valence-electron chi connectivity index (χ2n) is 2.32. The third-order valence-corrected chi connectivity index (χ3v) is 1.54. The second kappa shape index (κ2) is 3.23. The predicted molar refractivity (Wildman–Crippen MR) is 36.3 cm³/mol. The predicted octanol–water partition coefficient (Wildman–Crippen LogP) is -0.106. The summed E-state index contributed by atoms with van der Waals surface area (Å²) in [6.07, 6.45) is -0.301. The number of nitrogens with one attached hydrogen (secondary N) is 1. The average Bonchev–Trinajstić information content (AvgIpc) is 1.95. The van der Waals surface area contributed by atoms with Gasteiger partial charge >= 0.3 is 0 Å². The molecule has 2 N–H and O–H groups in total. The van der Waals surface area contributed by atoms with Crippen LogP contribution >= 0.6 is 0 Å². The van der Waals surface area contributed by atoms with Gasteiger partial charge in [0.1, 0.15) is 6.23 Å². The summed E-state index contributed by atoms with van der Waals surface area (Å²) in [4.78, 5) is 13.2. The Morgan fingerprint density at radius 1 is 1.82 bits per heavy atom. The van der Waals surface area contributed by atoms with Crippen molar-refractivity contribution < 1.29 is 9.90 Å². The molecule has 1 saturated heterocycles. The summed E-state index contributed by atoms with van der Waals surface area (Å²) in [5.74, 6) is -0.207. The van der Waals surface area contributed by atoms with Crippen molar-refractivity contribution in [3.05, 3.63) is 10.4 Å². The third kappa shape index (κ3) is 1.83. The number of rotatable bonds is 1. The van der Waals surface area contributed by atoms with E-state index in [4.69, 9.17) is 10.6 Å². The largest absolute Gasteiger partial charge is 0.373 e. The Morgan fingerprint density at radius 3 is 3.09 bits per heavy atom. The van der Waals surface area contributed by atoms with E-state index in [0.29, 0.717) is 12.8 Å².